The van der Waals surface area contributed by atoms with Gasteiger partial charge in [-0.1, -0.05) is 6.07 Å². The zero-order valence-corrected chi connectivity index (χ0v) is 12.0. The van der Waals surface area contributed by atoms with Gasteiger partial charge in [0.05, 0.1) is 10.9 Å². The topological polar surface area (TPSA) is 101 Å². The SMILES string of the molecule is CCNC(=O)C(C)NS(=O)(=O)c1ccc(C)c(N)c1. The van der Waals surface area contributed by atoms with E-state index in [0.29, 0.717) is 12.2 Å². The molecular formula is C12H19N3O3S. The summed E-state index contributed by atoms with van der Waals surface area (Å²) in [5, 5.41) is 2.55. The van der Waals surface area contributed by atoms with Gasteiger partial charge in [0.15, 0.2) is 0 Å². The molecule has 0 aromatic heterocycles. The van der Waals surface area contributed by atoms with Crippen LogP contribution in [0.4, 0.5) is 5.69 Å². The van der Waals surface area contributed by atoms with Gasteiger partial charge in [-0.3, -0.25) is 4.79 Å². The Kier molecular flexibility index (Phi) is 4.90. The van der Waals surface area contributed by atoms with Crippen molar-refractivity contribution in [1.29, 1.82) is 0 Å². The maximum atomic E-state index is 12.1. The number of aryl methyl sites for hydroxylation is 1. The summed E-state index contributed by atoms with van der Waals surface area (Å²) in [5.74, 6) is -0.369. The Bertz CT molecular complexity index is 570. The Hall–Kier alpha value is -1.60. The summed E-state index contributed by atoms with van der Waals surface area (Å²) >= 11 is 0. The van der Waals surface area contributed by atoms with Gasteiger partial charge >= 0.3 is 0 Å². The molecule has 6 nitrogen and oxygen atoms in total. The number of likely N-dealkylation sites (N-methyl/N-ethyl adjacent to an activating group) is 1. The molecule has 0 aliphatic heterocycles. The summed E-state index contributed by atoms with van der Waals surface area (Å²) in [7, 11) is -3.75. The van der Waals surface area contributed by atoms with Crippen LogP contribution in [0.5, 0.6) is 0 Å². The van der Waals surface area contributed by atoms with E-state index in [1.807, 2.05) is 0 Å². The van der Waals surface area contributed by atoms with Gasteiger partial charge in [-0.05, 0) is 38.5 Å². The predicted molar refractivity (Wildman–Crippen MR) is 74.1 cm³/mol. The van der Waals surface area contributed by atoms with Gasteiger partial charge in [-0.2, -0.15) is 4.72 Å². The van der Waals surface area contributed by atoms with Crippen LogP contribution in [0.2, 0.25) is 0 Å². The number of anilines is 1. The molecular weight excluding hydrogens is 266 g/mol. The number of nitrogen functional groups attached to an aromatic ring is 1. The number of hydrogen-bond donors (Lipinski definition) is 3. The molecule has 0 heterocycles. The van der Waals surface area contributed by atoms with Crippen LogP contribution >= 0.6 is 0 Å². The summed E-state index contributed by atoms with van der Waals surface area (Å²) in [6.07, 6.45) is 0. The van der Waals surface area contributed by atoms with Crippen LogP contribution in [0.3, 0.4) is 0 Å². The average molecular weight is 285 g/mol. The molecule has 0 fully saturated rings. The van der Waals surface area contributed by atoms with Gasteiger partial charge in [0, 0.05) is 12.2 Å². The maximum absolute atomic E-state index is 12.1. The second-order valence-electron chi connectivity index (χ2n) is 4.26. The smallest absolute Gasteiger partial charge is 0.241 e. The number of sulfonamides is 1. The minimum atomic E-state index is -3.75. The molecule has 0 radical (unpaired) electrons. The van der Waals surface area contributed by atoms with Crippen LogP contribution in [0.15, 0.2) is 23.1 Å². The largest absolute Gasteiger partial charge is 0.398 e. The lowest BCUT2D eigenvalue weighted by Crippen LogP contribution is -2.44. The molecule has 1 aromatic rings. The summed E-state index contributed by atoms with van der Waals surface area (Å²) < 4.78 is 26.4. The molecule has 4 N–H and O–H groups in total. The second-order valence-corrected chi connectivity index (χ2v) is 5.97. The molecule has 1 unspecified atom stereocenters. The first-order valence-corrected chi connectivity index (χ1v) is 7.42. The molecule has 7 heteroatoms. The number of rotatable bonds is 5. The van der Waals surface area contributed by atoms with E-state index in [-0.39, 0.29) is 10.8 Å². The van der Waals surface area contributed by atoms with E-state index in [2.05, 4.69) is 10.0 Å². The monoisotopic (exact) mass is 285 g/mol. The van der Waals surface area contributed by atoms with Crippen molar-refractivity contribution in [3.63, 3.8) is 0 Å². The van der Waals surface area contributed by atoms with Crippen molar-refractivity contribution in [2.75, 3.05) is 12.3 Å². The van der Waals surface area contributed by atoms with E-state index < -0.39 is 16.1 Å². The zero-order valence-electron chi connectivity index (χ0n) is 11.2. The van der Waals surface area contributed by atoms with Crippen molar-refractivity contribution in [3.05, 3.63) is 23.8 Å². The van der Waals surface area contributed by atoms with Gasteiger partial charge in [0.2, 0.25) is 15.9 Å². The van der Waals surface area contributed by atoms with E-state index in [0.717, 1.165) is 5.56 Å². The summed E-state index contributed by atoms with van der Waals surface area (Å²) in [4.78, 5) is 11.6. The van der Waals surface area contributed by atoms with E-state index in [9.17, 15) is 13.2 Å². The molecule has 1 aromatic carbocycles. The highest BCUT2D eigenvalue weighted by Crippen LogP contribution is 2.17. The van der Waals surface area contributed by atoms with Crippen LogP contribution in [-0.4, -0.2) is 26.9 Å². The summed E-state index contributed by atoms with van der Waals surface area (Å²) in [6, 6.07) is 3.62. The minimum Gasteiger partial charge on any atom is -0.398 e. The second kappa shape index (κ2) is 6.03. The van der Waals surface area contributed by atoms with E-state index >= 15 is 0 Å². The Balaban J connectivity index is 2.92. The average Bonchev–Trinajstić information content (AvgIpc) is 2.32. The Labute approximate surface area is 113 Å². The van der Waals surface area contributed by atoms with Crippen LogP contribution < -0.4 is 15.8 Å². The molecule has 0 aliphatic rings. The van der Waals surface area contributed by atoms with Gasteiger partial charge in [-0.25, -0.2) is 8.42 Å². The molecule has 106 valence electrons. The van der Waals surface area contributed by atoms with Crippen molar-refractivity contribution in [3.8, 4) is 0 Å². The highest BCUT2D eigenvalue weighted by Gasteiger charge is 2.21. The first-order valence-electron chi connectivity index (χ1n) is 5.94. The Morgan fingerprint density at radius 2 is 2.05 bits per heavy atom. The molecule has 0 bridgehead atoms. The lowest BCUT2D eigenvalue weighted by molar-refractivity contribution is -0.122. The van der Waals surface area contributed by atoms with Crippen molar-refractivity contribution < 1.29 is 13.2 Å². The number of carbonyl (C=O) groups excluding carboxylic acids is 1. The van der Waals surface area contributed by atoms with Crippen LogP contribution in [-0.2, 0) is 14.8 Å². The standard InChI is InChI=1S/C12H19N3O3S/c1-4-14-12(16)9(3)15-19(17,18)10-6-5-8(2)11(13)7-10/h5-7,9,15H,4,13H2,1-3H3,(H,14,16). The fourth-order valence-corrected chi connectivity index (χ4v) is 2.71. The molecule has 0 saturated heterocycles. The van der Waals surface area contributed by atoms with Crippen LogP contribution in [0.25, 0.3) is 0 Å². The Morgan fingerprint density at radius 3 is 2.58 bits per heavy atom. The lowest BCUT2D eigenvalue weighted by atomic mass is 10.2. The zero-order chi connectivity index (χ0) is 14.6. The molecule has 0 aliphatic carbocycles. The number of carbonyl (C=O) groups is 1. The first-order chi connectivity index (χ1) is 8.77. The van der Waals surface area contributed by atoms with Gasteiger partial charge < -0.3 is 11.1 Å². The molecule has 1 atom stereocenters. The summed E-state index contributed by atoms with van der Waals surface area (Å²) in [5.41, 5.74) is 6.88. The number of nitrogens with two attached hydrogens (primary N) is 1. The van der Waals surface area contributed by atoms with E-state index in [1.54, 1.807) is 19.9 Å². The van der Waals surface area contributed by atoms with E-state index in [1.165, 1.54) is 19.1 Å². The highest BCUT2D eigenvalue weighted by atomic mass is 32.2. The predicted octanol–water partition coefficient (Wildman–Crippen LogP) is 0.380. The van der Waals surface area contributed by atoms with Crippen molar-refractivity contribution in [2.45, 2.75) is 31.7 Å². The highest BCUT2D eigenvalue weighted by molar-refractivity contribution is 7.89. The van der Waals surface area contributed by atoms with E-state index in [4.69, 9.17) is 5.73 Å². The number of amides is 1. The number of hydrogen-bond acceptors (Lipinski definition) is 4. The fraction of sp³-hybridized carbons (Fsp3) is 0.417. The molecule has 0 saturated carbocycles. The third kappa shape index (κ3) is 3.93. The minimum absolute atomic E-state index is 0.0479. The quantitative estimate of drug-likeness (QED) is 0.681. The number of benzene rings is 1. The van der Waals surface area contributed by atoms with Crippen LogP contribution in [0.1, 0.15) is 19.4 Å². The van der Waals surface area contributed by atoms with Crippen LogP contribution in [0, 0.1) is 6.92 Å². The van der Waals surface area contributed by atoms with Gasteiger partial charge in [0.1, 0.15) is 0 Å². The van der Waals surface area contributed by atoms with Crippen molar-refractivity contribution >= 4 is 21.6 Å². The van der Waals surface area contributed by atoms with Gasteiger partial charge in [0.25, 0.3) is 0 Å². The summed E-state index contributed by atoms with van der Waals surface area (Å²) in [6.45, 7) is 5.48. The third-order valence-corrected chi connectivity index (χ3v) is 4.18. The molecule has 1 rings (SSSR count). The molecule has 1 amide bonds. The van der Waals surface area contributed by atoms with Crippen molar-refractivity contribution in [1.82, 2.24) is 10.0 Å². The van der Waals surface area contributed by atoms with Crippen molar-refractivity contribution in [2.24, 2.45) is 0 Å². The Morgan fingerprint density at radius 1 is 1.42 bits per heavy atom. The number of nitrogens with one attached hydrogen (secondary N) is 2. The first kappa shape index (κ1) is 15.5. The lowest BCUT2D eigenvalue weighted by Gasteiger charge is -2.14. The normalized spacial score (nSPS) is 13.0. The molecule has 19 heavy (non-hydrogen) atoms. The fourth-order valence-electron chi connectivity index (χ4n) is 1.47. The van der Waals surface area contributed by atoms with Gasteiger partial charge in [-0.15, -0.1) is 0 Å². The molecule has 0 spiro atoms. The maximum Gasteiger partial charge on any atom is 0.241 e. The third-order valence-electron chi connectivity index (χ3n) is 2.64.